The largest absolute Gasteiger partial charge is 0.271 e. The lowest BCUT2D eigenvalue weighted by Gasteiger charge is -2.22. The Morgan fingerprint density at radius 3 is 3.00 bits per heavy atom. The molecule has 1 aliphatic rings. The SMILES string of the molecule is CCn1ncnc1CC(NN)C1CCC(C)C1. The highest BCUT2D eigenvalue weighted by atomic mass is 15.3. The molecule has 0 aromatic carbocycles. The Balaban J connectivity index is 2.00. The molecule has 3 N–H and O–H groups in total. The number of hydrogen-bond acceptors (Lipinski definition) is 4. The zero-order valence-corrected chi connectivity index (χ0v) is 10.8. The van der Waals surface area contributed by atoms with Gasteiger partial charge in [0.05, 0.1) is 0 Å². The zero-order valence-electron chi connectivity index (χ0n) is 10.8. The molecule has 2 rings (SSSR count). The third-order valence-corrected chi connectivity index (χ3v) is 3.92. The van der Waals surface area contributed by atoms with Crippen LogP contribution in [-0.2, 0) is 13.0 Å². The lowest BCUT2D eigenvalue weighted by molar-refractivity contribution is 0.343. The lowest BCUT2D eigenvalue weighted by atomic mass is 9.94. The maximum Gasteiger partial charge on any atom is 0.138 e. The monoisotopic (exact) mass is 237 g/mol. The maximum absolute atomic E-state index is 5.70. The van der Waals surface area contributed by atoms with Gasteiger partial charge in [-0.2, -0.15) is 5.10 Å². The van der Waals surface area contributed by atoms with Gasteiger partial charge in [-0.3, -0.25) is 16.0 Å². The first kappa shape index (κ1) is 12.5. The summed E-state index contributed by atoms with van der Waals surface area (Å²) < 4.78 is 1.95. The topological polar surface area (TPSA) is 68.8 Å². The van der Waals surface area contributed by atoms with Crippen molar-refractivity contribution in [3.63, 3.8) is 0 Å². The van der Waals surface area contributed by atoms with Crippen molar-refractivity contribution in [1.82, 2.24) is 20.2 Å². The summed E-state index contributed by atoms with van der Waals surface area (Å²) in [5.74, 6) is 8.25. The van der Waals surface area contributed by atoms with Gasteiger partial charge in [-0.25, -0.2) is 4.98 Å². The first-order valence-electron chi connectivity index (χ1n) is 6.57. The smallest absolute Gasteiger partial charge is 0.138 e. The predicted octanol–water partition coefficient (Wildman–Crippen LogP) is 1.11. The highest BCUT2D eigenvalue weighted by Gasteiger charge is 2.29. The van der Waals surface area contributed by atoms with Crippen LogP contribution in [0, 0.1) is 11.8 Å². The van der Waals surface area contributed by atoms with Crippen molar-refractivity contribution in [1.29, 1.82) is 0 Å². The second-order valence-electron chi connectivity index (χ2n) is 5.15. The van der Waals surface area contributed by atoms with Gasteiger partial charge in [-0.15, -0.1) is 0 Å². The van der Waals surface area contributed by atoms with Crippen LogP contribution in [0.3, 0.4) is 0 Å². The fourth-order valence-corrected chi connectivity index (χ4v) is 2.89. The van der Waals surface area contributed by atoms with Gasteiger partial charge < -0.3 is 0 Å². The van der Waals surface area contributed by atoms with E-state index in [0.29, 0.717) is 12.0 Å². The molecule has 3 atom stereocenters. The molecule has 0 bridgehead atoms. The van der Waals surface area contributed by atoms with E-state index in [4.69, 9.17) is 5.84 Å². The first-order chi connectivity index (χ1) is 8.24. The molecule has 1 aromatic rings. The second kappa shape index (κ2) is 5.60. The van der Waals surface area contributed by atoms with Crippen LogP contribution >= 0.6 is 0 Å². The van der Waals surface area contributed by atoms with Crippen LogP contribution in [0.25, 0.3) is 0 Å². The summed E-state index contributed by atoms with van der Waals surface area (Å²) in [5, 5.41) is 4.20. The molecule has 1 aliphatic carbocycles. The normalized spacial score (nSPS) is 26.3. The van der Waals surface area contributed by atoms with Crippen LogP contribution in [0.4, 0.5) is 0 Å². The van der Waals surface area contributed by atoms with Crippen LogP contribution in [0.1, 0.15) is 38.9 Å². The third kappa shape index (κ3) is 2.84. The van der Waals surface area contributed by atoms with Gasteiger partial charge in [0.25, 0.3) is 0 Å². The molecule has 5 nitrogen and oxygen atoms in total. The minimum absolute atomic E-state index is 0.328. The van der Waals surface area contributed by atoms with Gasteiger partial charge in [0.15, 0.2) is 0 Å². The van der Waals surface area contributed by atoms with Crippen LogP contribution in [0.5, 0.6) is 0 Å². The molecule has 1 saturated carbocycles. The summed E-state index contributed by atoms with van der Waals surface area (Å²) >= 11 is 0. The van der Waals surface area contributed by atoms with E-state index < -0.39 is 0 Å². The lowest BCUT2D eigenvalue weighted by Crippen LogP contribution is -2.42. The van der Waals surface area contributed by atoms with E-state index >= 15 is 0 Å². The molecular weight excluding hydrogens is 214 g/mol. The summed E-state index contributed by atoms with van der Waals surface area (Å²) in [7, 11) is 0. The fourth-order valence-electron chi connectivity index (χ4n) is 2.89. The average Bonchev–Trinajstić information content (AvgIpc) is 2.94. The Bertz CT molecular complexity index is 348. The summed E-state index contributed by atoms with van der Waals surface area (Å²) in [6.07, 6.45) is 6.38. The molecule has 0 spiro atoms. The van der Waals surface area contributed by atoms with Gasteiger partial charge in [0, 0.05) is 19.0 Å². The minimum Gasteiger partial charge on any atom is -0.271 e. The van der Waals surface area contributed by atoms with Crippen molar-refractivity contribution in [2.45, 2.75) is 52.1 Å². The number of aromatic nitrogens is 3. The molecule has 0 aliphatic heterocycles. The highest BCUT2D eigenvalue weighted by Crippen LogP contribution is 2.33. The standard InChI is InChI=1S/C12H23N5/c1-3-17-12(14-8-15-17)7-11(16-13)10-5-4-9(2)6-10/h8-11,16H,3-7,13H2,1-2H3. The number of nitrogens with one attached hydrogen (secondary N) is 1. The summed E-state index contributed by atoms with van der Waals surface area (Å²) in [6.45, 7) is 5.27. The Morgan fingerprint density at radius 1 is 1.59 bits per heavy atom. The Hall–Kier alpha value is -0.940. The van der Waals surface area contributed by atoms with Crippen LogP contribution < -0.4 is 11.3 Å². The molecule has 1 heterocycles. The van der Waals surface area contributed by atoms with E-state index in [-0.39, 0.29) is 0 Å². The van der Waals surface area contributed by atoms with Gasteiger partial charge >= 0.3 is 0 Å². The molecule has 0 radical (unpaired) electrons. The Kier molecular flexibility index (Phi) is 4.12. The van der Waals surface area contributed by atoms with Gasteiger partial charge in [0.1, 0.15) is 12.2 Å². The molecule has 0 amide bonds. The number of nitrogens with zero attached hydrogens (tertiary/aromatic N) is 3. The molecule has 1 fully saturated rings. The summed E-state index contributed by atoms with van der Waals surface area (Å²) in [5.41, 5.74) is 2.97. The van der Waals surface area contributed by atoms with E-state index in [1.807, 2.05) is 4.68 Å². The predicted molar refractivity (Wildman–Crippen MR) is 67.0 cm³/mol. The van der Waals surface area contributed by atoms with E-state index in [2.05, 4.69) is 29.4 Å². The van der Waals surface area contributed by atoms with Crippen molar-refractivity contribution in [3.8, 4) is 0 Å². The van der Waals surface area contributed by atoms with Crippen molar-refractivity contribution in [2.75, 3.05) is 0 Å². The van der Waals surface area contributed by atoms with Gasteiger partial charge in [0.2, 0.25) is 0 Å². The van der Waals surface area contributed by atoms with E-state index in [1.165, 1.54) is 19.3 Å². The van der Waals surface area contributed by atoms with Gasteiger partial charge in [-0.1, -0.05) is 13.3 Å². The van der Waals surface area contributed by atoms with E-state index in [1.54, 1.807) is 6.33 Å². The van der Waals surface area contributed by atoms with Crippen molar-refractivity contribution in [3.05, 3.63) is 12.2 Å². The van der Waals surface area contributed by atoms with Gasteiger partial charge in [-0.05, 0) is 31.6 Å². The van der Waals surface area contributed by atoms with Crippen molar-refractivity contribution < 1.29 is 0 Å². The van der Waals surface area contributed by atoms with Crippen LogP contribution in [-0.4, -0.2) is 20.8 Å². The highest BCUT2D eigenvalue weighted by molar-refractivity contribution is 4.93. The Labute approximate surface area is 103 Å². The zero-order chi connectivity index (χ0) is 12.3. The summed E-state index contributed by atoms with van der Waals surface area (Å²) in [4.78, 5) is 4.32. The fraction of sp³-hybridized carbons (Fsp3) is 0.833. The minimum atomic E-state index is 0.328. The van der Waals surface area contributed by atoms with Crippen molar-refractivity contribution >= 4 is 0 Å². The van der Waals surface area contributed by atoms with E-state index in [9.17, 15) is 0 Å². The van der Waals surface area contributed by atoms with Crippen LogP contribution in [0.15, 0.2) is 6.33 Å². The molecule has 0 saturated heterocycles. The van der Waals surface area contributed by atoms with Crippen LogP contribution in [0.2, 0.25) is 0 Å². The molecule has 17 heavy (non-hydrogen) atoms. The van der Waals surface area contributed by atoms with Crippen molar-refractivity contribution in [2.24, 2.45) is 17.7 Å². The molecule has 3 unspecified atom stereocenters. The number of rotatable bonds is 5. The number of aryl methyl sites for hydroxylation is 1. The molecule has 1 aromatic heterocycles. The Morgan fingerprint density at radius 2 is 2.41 bits per heavy atom. The molecule has 96 valence electrons. The number of hydrogen-bond donors (Lipinski definition) is 2. The first-order valence-corrected chi connectivity index (χ1v) is 6.57. The molecular formula is C12H23N5. The third-order valence-electron chi connectivity index (χ3n) is 3.92. The maximum atomic E-state index is 5.70. The molecule has 5 heteroatoms. The number of hydrazine groups is 1. The summed E-state index contributed by atoms with van der Waals surface area (Å²) in [6, 6.07) is 0.328. The average molecular weight is 237 g/mol. The second-order valence-corrected chi connectivity index (χ2v) is 5.15. The quantitative estimate of drug-likeness (QED) is 0.594. The number of nitrogens with two attached hydrogens (primary N) is 1. The van der Waals surface area contributed by atoms with E-state index in [0.717, 1.165) is 24.7 Å².